The van der Waals surface area contributed by atoms with Crippen LogP contribution in [0.25, 0.3) is 5.69 Å². The molecular weight excluding hydrogens is 412 g/mol. The molecule has 1 aliphatic heterocycles. The van der Waals surface area contributed by atoms with Crippen LogP contribution in [0.4, 0.5) is 5.69 Å². The van der Waals surface area contributed by atoms with Crippen LogP contribution in [-0.4, -0.2) is 14.7 Å². The molecule has 5 heteroatoms. The molecule has 0 amide bonds. The van der Waals surface area contributed by atoms with Crippen molar-refractivity contribution < 1.29 is 0 Å². The van der Waals surface area contributed by atoms with Crippen LogP contribution in [0.3, 0.4) is 0 Å². The molecule has 5 rings (SSSR count). The van der Waals surface area contributed by atoms with Crippen molar-refractivity contribution in [2.75, 3.05) is 4.90 Å². The topological polar surface area (TPSA) is 33.1 Å². The Morgan fingerprint density at radius 1 is 0.844 bits per heavy atom. The molecule has 1 saturated heterocycles. The zero-order valence-corrected chi connectivity index (χ0v) is 19.3. The van der Waals surface area contributed by atoms with Gasteiger partial charge in [0.1, 0.15) is 6.04 Å². The molecule has 2 aromatic carbocycles. The fourth-order valence-electron chi connectivity index (χ4n) is 4.38. The van der Waals surface area contributed by atoms with Gasteiger partial charge in [0.15, 0.2) is 5.11 Å². The Balaban J connectivity index is 1.67. The van der Waals surface area contributed by atoms with E-state index in [2.05, 4.69) is 107 Å². The number of aromatic nitrogens is 2. The van der Waals surface area contributed by atoms with E-state index in [9.17, 15) is 0 Å². The van der Waals surface area contributed by atoms with Crippen molar-refractivity contribution >= 4 is 23.0 Å². The zero-order chi connectivity index (χ0) is 22.2. The number of hydrogen-bond acceptors (Lipinski definition) is 2. The summed E-state index contributed by atoms with van der Waals surface area (Å²) in [6, 6.07) is 25.4. The number of aryl methyl sites for hydroxylation is 3. The minimum absolute atomic E-state index is 0.0447. The molecule has 0 spiro atoms. The molecule has 160 valence electrons. The SMILES string of the molecule is Cc1ccc(N2C(=S)N[C@@H](c3ccccn3)[C@H]2c2cccn2-c2ccc(C)c(C)c2)cc1. The largest absolute Gasteiger partial charge is 0.351 e. The van der Waals surface area contributed by atoms with Gasteiger partial charge in [0.05, 0.1) is 11.7 Å². The molecule has 2 atom stereocenters. The first-order valence-electron chi connectivity index (χ1n) is 10.8. The third-order valence-electron chi connectivity index (χ3n) is 6.26. The third-order valence-corrected chi connectivity index (χ3v) is 6.58. The van der Waals surface area contributed by atoms with E-state index >= 15 is 0 Å². The van der Waals surface area contributed by atoms with E-state index in [1.54, 1.807) is 0 Å². The maximum absolute atomic E-state index is 5.86. The Labute approximate surface area is 194 Å². The number of benzene rings is 2. The minimum Gasteiger partial charge on any atom is -0.351 e. The van der Waals surface area contributed by atoms with Crippen LogP contribution in [0.1, 0.15) is 40.2 Å². The van der Waals surface area contributed by atoms with Gasteiger partial charge in [-0.2, -0.15) is 0 Å². The fraction of sp³-hybridized carbons (Fsp3) is 0.185. The zero-order valence-electron chi connectivity index (χ0n) is 18.5. The van der Waals surface area contributed by atoms with E-state index in [4.69, 9.17) is 12.2 Å². The Morgan fingerprint density at radius 3 is 2.34 bits per heavy atom. The van der Waals surface area contributed by atoms with Crippen molar-refractivity contribution in [2.24, 2.45) is 0 Å². The molecule has 2 aromatic heterocycles. The van der Waals surface area contributed by atoms with E-state index in [0.717, 1.165) is 22.8 Å². The summed E-state index contributed by atoms with van der Waals surface area (Å²) in [5.41, 5.74) is 8.15. The van der Waals surface area contributed by atoms with Crippen molar-refractivity contribution in [1.29, 1.82) is 0 Å². The lowest BCUT2D eigenvalue weighted by molar-refractivity contribution is 0.549. The second-order valence-electron chi connectivity index (χ2n) is 8.40. The van der Waals surface area contributed by atoms with Gasteiger partial charge in [-0.3, -0.25) is 4.98 Å². The molecule has 0 saturated carbocycles. The first-order valence-corrected chi connectivity index (χ1v) is 11.3. The minimum atomic E-state index is -0.0646. The Morgan fingerprint density at radius 2 is 1.62 bits per heavy atom. The molecule has 4 nitrogen and oxygen atoms in total. The highest BCUT2D eigenvalue weighted by molar-refractivity contribution is 7.80. The molecule has 0 aliphatic carbocycles. The predicted molar refractivity (Wildman–Crippen MR) is 134 cm³/mol. The molecule has 1 fully saturated rings. The highest BCUT2D eigenvalue weighted by Crippen LogP contribution is 2.42. The van der Waals surface area contributed by atoms with Gasteiger partial charge in [-0.05, 0) is 92.6 Å². The van der Waals surface area contributed by atoms with Gasteiger partial charge in [0.25, 0.3) is 0 Å². The number of pyridine rings is 1. The summed E-state index contributed by atoms with van der Waals surface area (Å²) in [6.07, 6.45) is 3.97. The van der Waals surface area contributed by atoms with Crippen LogP contribution < -0.4 is 10.2 Å². The number of nitrogens with zero attached hydrogens (tertiary/aromatic N) is 3. The Hall–Kier alpha value is -3.44. The highest BCUT2D eigenvalue weighted by atomic mass is 32.1. The van der Waals surface area contributed by atoms with Crippen LogP contribution >= 0.6 is 12.2 Å². The van der Waals surface area contributed by atoms with Gasteiger partial charge in [0, 0.05) is 29.5 Å². The van der Waals surface area contributed by atoms with Crippen molar-refractivity contribution in [3.8, 4) is 5.69 Å². The lowest BCUT2D eigenvalue weighted by Crippen LogP contribution is -2.30. The van der Waals surface area contributed by atoms with Gasteiger partial charge in [-0.25, -0.2) is 0 Å². The van der Waals surface area contributed by atoms with Gasteiger partial charge in [0.2, 0.25) is 0 Å². The molecule has 0 bridgehead atoms. The normalized spacial score (nSPS) is 18.1. The van der Waals surface area contributed by atoms with Gasteiger partial charge >= 0.3 is 0 Å². The smallest absolute Gasteiger partial charge is 0.174 e. The average molecular weight is 439 g/mol. The molecule has 1 aliphatic rings. The average Bonchev–Trinajstić information content (AvgIpc) is 3.41. The molecule has 32 heavy (non-hydrogen) atoms. The van der Waals surface area contributed by atoms with E-state index in [1.807, 2.05) is 18.3 Å². The molecular formula is C27H26N4S. The maximum atomic E-state index is 5.86. The highest BCUT2D eigenvalue weighted by Gasteiger charge is 2.42. The summed E-state index contributed by atoms with van der Waals surface area (Å²) in [7, 11) is 0. The molecule has 1 N–H and O–H groups in total. The summed E-state index contributed by atoms with van der Waals surface area (Å²) in [5, 5.41) is 4.26. The van der Waals surface area contributed by atoms with Crippen LogP contribution in [-0.2, 0) is 0 Å². The van der Waals surface area contributed by atoms with Crippen molar-refractivity contribution in [3.63, 3.8) is 0 Å². The van der Waals surface area contributed by atoms with E-state index in [1.165, 1.54) is 16.7 Å². The van der Waals surface area contributed by atoms with Crippen molar-refractivity contribution in [2.45, 2.75) is 32.9 Å². The fourth-order valence-corrected chi connectivity index (χ4v) is 4.73. The van der Waals surface area contributed by atoms with Crippen molar-refractivity contribution in [3.05, 3.63) is 113 Å². The number of nitrogens with one attached hydrogen (secondary N) is 1. The number of anilines is 1. The summed E-state index contributed by atoms with van der Waals surface area (Å²) in [5.74, 6) is 0. The first kappa shape index (κ1) is 20.5. The lowest BCUT2D eigenvalue weighted by atomic mass is 10.0. The molecule has 3 heterocycles. The van der Waals surface area contributed by atoms with Gasteiger partial charge in [-0.15, -0.1) is 0 Å². The third kappa shape index (κ3) is 3.59. The lowest BCUT2D eigenvalue weighted by Gasteiger charge is -2.29. The summed E-state index contributed by atoms with van der Waals surface area (Å²) in [6.45, 7) is 6.40. The van der Waals surface area contributed by atoms with Crippen LogP contribution in [0.2, 0.25) is 0 Å². The van der Waals surface area contributed by atoms with Crippen LogP contribution in [0.15, 0.2) is 85.2 Å². The molecule has 0 unspecified atom stereocenters. The second-order valence-corrected chi connectivity index (χ2v) is 8.79. The summed E-state index contributed by atoms with van der Waals surface area (Å²) in [4.78, 5) is 6.89. The standard InChI is InChI=1S/C27H26N4S/c1-18-9-12-21(13-10-18)31-26(25(29-27(31)32)23-7-4-5-15-28-23)24-8-6-16-30(24)22-14-11-19(2)20(3)17-22/h4-17,25-26H,1-3H3,(H,29,32)/t25-,26+/m0/s1. The Kier molecular flexibility index (Phi) is 5.27. The van der Waals surface area contributed by atoms with E-state index in [-0.39, 0.29) is 12.1 Å². The van der Waals surface area contributed by atoms with Crippen LogP contribution in [0, 0.1) is 20.8 Å². The van der Waals surface area contributed by atoms with Crippen molar-refractivity contribution in [1.82, 2.24) is 14.9 Å². The Bertz CT molecular complexity index is 1260. The summed E-state index contributed by atoms with van der Waals surface area (Å²) < 4.78 is 2.27. The van der Waals surface area contributed by atoms with E-state index < -0.39 is 0 Å². The maximum Gasteiger partial charge on any atom is 0.174 e. The van der Waals surface area contributed by atoms with Crippen LogP contribution in [0.5, 0.6) is 0 Å². The monoisotopic (exact) mass is 438 g/mol. The van der Waals surface area contributed by atoms with Gasteiger partial charge in [-0.1, -0.05) is 29.8 Å². The van der Waals surface area contributed by atoms with E-state index in [0.29, 0.717) is 5.11 Å². The molecule has 4 aromatic rings. The quantitative estimate of drug-likeness (QED) is 0.398. The predicted octanol–water partition coefficient (Wildman–Crippen LogP) is 5.97. The first-order chi connectivity index (χ1) is 15.5. The number of rotatable bonds is 4. The molecule has 0 radical (unpaired) electrons. The number of thiocarbonyl (C=S) groups is 1. The second kappa shape index (κ2) is 8.24. The number of hydrogen-bond donors (Lipinski definition) is 1. The van der Waals surface area contributed by atoms with Gasteiger partial charge < -0.3 is 14.8 Å². The summed E-state index contributed by atoms with van der Waals surface area (Å²) >= 11 is 5.86.